The quantitative estimate of drug-likeness (QED) is 0.326. The molecule has 9 nitrogen and oxygen atoms in total. The molecule has 0 saturated carbocycles. The van der Waals surface area contributed by atoms with E-state index in [-0.39, 0.29) is 18.4 Å². The summed E-state index contributed by atoms with van der Waals surface area (Å²) < 4.78 is 1.71. The van der Waals surface area contributed by atoms with Gasteiger partial charge in [-0.1, -0.05) is 54.6 Å². The second kappa shape index (κ2) is 10.3. The Morgan fingerprint density at radius 3 is 2.68 bits per heavy atom. The molecule has 0 radical (unpaired) electrons. The number of fused-ring (bicyclic) bond motifs is 1. The molecule has 192 valence electrons. The molecule has 0 aliphatic carbocycles. The van der Waals surface area contributed by atoms with Crippen molar-refractivity contribution >= 4 is 23.2 Å². The van der Waals surface area contributed by atoms with E-state index in [4.69, 9.17) is 5.11 Å². The maximum Gasteiger partial charge on any atom is 0.264 e. The molecule has 0 spiro atoms. The van der Waals surface area contributed by atoms with Crippen molar-refractivity contribution in [2.24, 2.45) is 5.92 Å². The molecule has 1 aromatic heterocycles. The zero-order chi connectivity index (χ0) is 26.0. The van der Waals surface area contributed by atoms with Crippen molar-refractivity contribution in [1.82, 2.24) is 15.0 Å². The number of aromatic nitrogens is 3. The number of β-lactam (4-membered cyclic amide) rings is 1. The van der Waals surface area contributed by atoms with E-state index >= 15 is 0 Å². The van der Waals surface area contributed by atoms with Gasteiger partial charge >= 0.3 is 0 Å². The number of rotatable bonds is 10. The van der Waals surface area contributed by atoms with Crippen LogP contribution in [0.4, 0.5) is 11.4 Å². The molecule has 2 aromatic carbocycles. The first-order chi connectivity index (χ1) is 17.9. The number of amides is 2. The van der Waals surface area contributed by atoms with E-state index in [0.717, 1.165) is 11.3 Å². The third-order valence-corrected chi connectivity index (χ3v) is 7.16. The third-order valence-electron chi connectivity index (χ3n) is 7.16. The minimum atomic E-state index is -1.76. The largest absolute Gasteiger partial charge is 0.396 e. The Hall–Kier alpha value is -3.82. The van der Waals surface area contributed by atoms with Gasteiger partial charge in [0.1, 0.15) is 0 Å². The zero-order valence-electron chi connectivity index (χ0n) is 20.8. The van der Waals surface area contributed by atoms with Gasteiger partial charge in [0.05, 0.1) is 17.9 Å². The van der Waals surface area contributed by atoms with Crippen LogP contribution in [0.3, 0.4) is 0 Å². The summed E-state index contributed by atoms with van der Waals surface area (Å²) in [6, 6.07) is 15.2. The number of hydrogen-bond acceptors (Lipinski definition) is 6. The zero-order valence-corrected chi connectivity index (χ0v) is 20.8. The minimum absolute atomic E-state index is 0.0269. The average Bonchev–Trinajstić information content (AvgIpc) is 3.43. The Kier molecular flexibility index (Phi) is 6.90. The first-order valence-electron chi connectivity index (χ1n) is 12.6. The lowest BCUT2D eigenvalue weighted by atomic mass is 9.82. The molecular formula is C28H31N5O4. The van der Waals surface area contributed by atoms with Crippen molar-refractivity contribution < 1.29 is 19.8 Å². The van der Waals surface area contributed by atoms with Crippen LogP contribution in [0.1, 0.15) is 36.6 Å². The molecule has 37 heavy (non-hydrogen) atoms. The standard InChI is InChI=1S/C28H31N5O4/c1-20(7-5-6-14-31-19-22(13-16-34)29-30-31)28(37)24-17-23(32-15-12-26(32)35)10-11-25(24)33(27(28)36)18-21-8-3-2-4-9-21/h2-5,7-11,17,19-20,34,37H,6,12-16,18H2,1H3/b7-5+/t20-,28+/m1/s1. The second-order valence-electron chi connectivity index (χ2n) is 9.59. The van der Waals surface area contributed by atoms with Crippen LogP contribution in [0.25, 0.3) is 0 Å². The second-order valence-corrected chi connectivity index (χ2v) is 9.59. The molecule has 2 aliphatic heterocycles. The van der Waals surface area contributed by atoms with Gasteiger partial charge in [-0.3, -0.25) is 14.3 Å². The monoisotopic (exact) mass is 501 g/mol. The van der Waals surface area contributed by atoms with E-state index in [9.17, 15) is 14.7 Å². The maximum atomic E-state index is 13.8. The summed E-state index contributed by atoms with van der Waals surface area (Å²) in [4.78, 5) is 29.2. The number of anilines is 2. The number of aryl methyl sites for hydroxylation is 1. The van der Waals surface area contributed by atoms with Crippen molar-refractivity contribution in [2.75, 3.05) is 23.0 Å². The number of aliphatic hydroxyl groups is 2. The highest BCUT2D eigenvalue weighted by molar-refractivity contribution is 6.08. The lowest BCUT2D eigenvalue weighted by Gasteiger charge is -2.32. The lowest BCUT2D eigenvalue weighted by Crippen LogP contribution is -2.44. The molecule has 3 heterocycles. The van der Waals surface area contributed by atoms with Crippen molar-refractivity contribution in [1.29, 1.82) is 0 Å². The molecule has 2 amide bonds. The van der Waals surface area contributed by atoms with Gasteiger partial charge in [-0.15, -0.1) is 5.10 Å². The van der Waals surface area contributed by atoms with E-state index in [2.05, 4.69) is 10.3 Å². The SMILES string of the molecule is C[C@H](/C=C/CCn1cc(CCO)nn1)[C@@]1(O)C(=O)N(Cc2ccccc2)c2ccc(N3CCC3=O)cc21. The fraction of sp³-hybridized carbons (Fsp3) is 0.357. The van der Waals surface area contributed by atoms with E-state index in [1.165, 1.54) is 0 Å². The van der Waals surface area contributed by atoms with Crippen molar-refractivity contribution in [3.63, 3.8) is 0 Å². The molecule has 1 saturated heterocycles. The smallest absolute Gasteiger partial charge is 0.264 e. The molecular weight excluding hydrogens is 470 g/mol. The van der Waals surface area contributed by atoms with Crippen molar-refractivity contribution in [2.45, 2.75) is 44.9 Å². The predicted molar refractivity (Wildman–Crippen MR) is 139 cm³/mol. The normalized spacial score (nSPS) is 20.0. The molecule has 2 aliphatic rings. The Balaban J connectivity index is 1.39. The molecule has 2 atom stereocenters. The minimum Gasteiger partial charge on any atom is -0.396 e. The highest BCUT2D eigenvalue weighted by Gasteiger charge is 2.52. The third kappa shape index (κ3) is 4.68. The van der Waals surface area contributed by atoms with Crippen LogP contribution in [0.5, 0.6) is 0 Å². The fourth-order valence-corrected chi connectivity index (χ4v) is 4.94. The first-order valence-corrected chi connectivity index (χ1v) is 12.6. The summed E-state index contributed by atoms with van der Waals surface area (Å²) in [5.74, 6) is -0.847. The average molecular weight is 502 g/mol. The predicted octanol–water partition coefficient (Wildman–Crippen LogP) is 2.57. The molecule has 0 bridgehead atoms. The highest BCUT2D eigenvalue weighted by atomic mass is 16.3. The fourth-order valence-electron chi connectivity index (χ4n) is 4.94. The van der Waals surface area contributed by atoms with Crippen LogP contribution in [0.15, 0.2) is 66.9 Å². The lowest BCUT2D eigenvalue weighted by molar-refractivity contribution is -0.139. The number of benzene rings is 2. The van der Waals surface area contributed by atoms with Gasteiger partial charge in [-0.05, 0) is 30.2 Å². The molecule has 9 heteroatoms. The molecule has 0 unspecified atom stereocenters. The van der Waals surface area contributed by atoms with Crippen LogP contribution >= 0.6 is 0 Å². The highest BCUT2D eigenvalue weighted by Crippen LogP contribution is 2.47. The van der Waals surface area contributed by atoms with Crippen LogP contribution < -0.4 is 9.80 Å². The Bertz CT molecular complexity index is 1320. The first kappa shape index (κ1) is 24.9. The van der Waals surface area contributed by atoms with Crippen LogP contribution in [0, 0.1) is 5.92 Å². The molecule has 3 aromatic rings. The van der Waals surface area contributed by atoms with Gasteiger partial charge < -0.3 is 20.0 Å². The Labute approximate surface area is 215 Å². The summed E-state index contributed by atoms with van der Waals surface area (Å²) in [6.45, 7) is 3.43. The van der Waals surface area contributed by atoms with Gasteiger partial charge in [-0.25, -0.2) is 0 Å². The van der Waals surface area contributed by atoms with Gasteiger partial charge in [-0.2, -0.15) is 0 Å². The number of aliphatic hydroxyl groups excluding tert-OH is 1. The van der Waals surface area contributed by atoms with Crippen molar-refractivity contribution in [3.8, 4) is 0 Å². The number of carbonyl (C=O) groups is 2. The topological polar surface area (TPSA) is 112 Å². The van der Waals surface area contributed by atoms with E-state index in [1.54, 1.807) is 26.7 Å². The summed E-state index contributed by atoms with van der Waals surface area (Å²) >= 11 is 0. The maximum absolute atomic E-state index is 13.8. The number of nitrogens with zero attached hydrogens (tertiary/aromatic N) is 5. The Morgan fingerprint density at radius 1 is 1.16 bits per heavy atom. The summed E-state index contributed by atoms with van der Waals surface area (Å²) in [5.41, 5.74) is 1.82. The van der Waals surface area contributed by atoms with Crippen LogP contribution in [0.2, 0.25) is 0 Å². The van der Waals surface area contributed by atoms with Crippen molar-refractivity contribution in [3.05, 3.63) is 83.7 Å². The number of allylic oxidation sites excluding steroid dienone is 1. The van der Waals surface area contributed by atoms with Gasteiger partial charge in [0.15, 0.2) is 5.60 Å². The number of carbonyl (C=O) groups excluding carboxylic acids is 2. The summed E-state index contributed by atoms with van der Waals surface area (Å²) in [5, 5.41) is 29.1. The number of hydrogen-bond donors (Lipinski definition) is 2. The molecule has 1 fully saturated rings. The van der Waals surface area contributed by atoms with Gasteiger partial charge in [0.2, 0.25) is 5.91 Å². The van der Waals surface area contributed by atoms with Crippen LogP contribution in [-0.2, 0) is 34.7 Å². The summed E-state index contributed by atoms with van der Waals surface area (Å²) in [6.07, 6.45) is 7.21. The molecule has 2 N–H and O–H groups in total. The molecule has 5 rings (SSSR count). The van der Waals surface area contributed by atoms with Gasteiger partial charge in [0.25, 0.3) is 5.91 Å². The van der Waals surface area contributed by atoms with E-state index in [1.807, 2.05) is 61.5 Å². The Morgan fingerprint density at radius 2 is 1.97 bits per heavy atom. The van der Waals surface area contributed by atoms with E-state index in [0.29, 0.717) is 55.8 Å². The van der Waals surface area contributed by atoms with Gasteiger partial charge in [0, 0.05) is 55.9 Å². The van der Waals surface area contributed by atoms with E-state index < -0.39 is 11.5 Å². The van der Waals surface area contributed by atoms with Crippen LogP contribution in [-0.4, -0.2) is 50.2 Å². The summed E-state index contributed by atoms with van der Waals surface area (Å²) in [7, 11) is 0.